The van der Waals surface area contributed by atoms with Crippen LogP contribution in [0.25, 0.3) is 0 Å². The van der Waals surface area contributed by atoms with E-state index in [2.05, 4.69) is 5.32 Å². The van der Waals surface area contributed by atoms with Crippen LogP contribution in [-0.2, 0) is 10.8 Å². The summed E-state index contributed by atoms with van der Waals surface area (Å²) in [6.07, 6.45) is 0. The molecule has 1 aromatic carbocycles. The van der Waals surface area contributed by atoms with Crippen LogP contribution in [0.15, 0.2) is 18.2 Å². The Bertz CT molecular complexity index is 428. The van der Waals surface area contributed by atoms with Gasteiger partial charge in [0.05, 0.1) is 5.56 Å². The van der Waals surface area contributed by atoms with Crippen molar-refractivity contribution < 1.29 is 8.60 Å². The van der Waals surface area contributed by atoms with Crippen LogP contribution < -0.4 is 5.32 Å². The lowest BCUT2D eigenvalue weighted by Crippen LogP contribution is -2.12. The van der Waals surface area contributed by atoms with Crippen LogP contribution in [0.1, 0.15) is 12.5 Å². The molecule has 0 bridgehead atoms. The molecular formula is C11H13FN2OS. The molecule has 0 aliphatic carbocycles. The van der Waals surface area contributed by atoms with E-state index in [1.165, 1.54) is 12.1 Å². The molecule has 3 nitrogen and oxygen atoms in total. The van der Waals surface area contributed by atoms with Crippen molar-refractivity contribution in [3.8, 4) is 6.07 Å². The summed E-state index contributed by atoms with van der Waals surface area (Å²) >= 11 is 0. The fourth-order valence-corrected chi connectivity index (χ4v) is 1.79. The van der Waals surface area contributed by atoms with Gasteiger partial charge in [0.2, 0.25) is 0 Å². The second kappa shape index (κ2) is 6.23. The van der Waals surface area contributed by atoms with Gasteiger partial charge in [-0.3, -0.25) is 4.21 Å². The summed E-state index contributed by atoms with van der Waals surface area (Å²) in [5, 5.41) is 11.5. The number of nitrogens with one attached hydrogen (secondary N) is 1. The summed E-state index contributed by atoms with van der Waals surface area (Å²) in [5.74, 6) is 0.630. The second-order valence-electron chi connectivity index (χ2n) is 3.17. The van der Waals surface area contributed by atoms with E-state index in [4.69, 9.17) is 5.26 Å². The lowest BCUT2D eigenvalue weighted by atomic mass is 10.2. The zero-order valence-corrected chi connectivity index (χ0v) is 9.81. The van der Waals surface area contributed by atoms with Crippen LogP contribution in [0.5, 0.6) is 0 Å². The predicted molar refractivity (Wildman–Crippen MR) is 63.2 cm³/mol. The van der Waals surface area contributed by atoms with E-state index >= 15 is 0 Å². The van der Waals surface area contributed by atoms with Crippen LogP contribution in [-0.4, -0.2) is 22.3 Å². The van der Waals surface area contributed by atoms with Gasteiger partial charge in [0.15, 0.2) is 0 Å². The lowest BCUT2D eigenvalue weighted by Gasteiger charge is -2.06. The van der Waals surface area contributed by atoms with E-state index in [1.807, 2.05) is 6.92 Å². The van der Waals surface area contributed by atoms with Gasteiger partial charge < -0.3 is 5.32 Å². The first-order valence-electron chi connectivity index (χ1n) is 4.96. The zero-order chi connectivity index (χ0) is 12.0. The summed E-state index contributed by atoms with van der Waals surface area (Å²) < 4.78 is 24.3. The molecule has 0 spiro atoms. The molecule has 1 unspecified atom stereocenters. The molecule has 1 atom stereocenters. The Labute approximate surface area is 96.7 Å². The number of benzene rings is 1. The molecule has 0 heterocycles. The van der Waals surface area contributed by atoms with E-state index in [0.717, 1.165) is 0 Å². The van der Waals surface area contributed by atoms with Crippen molar-refractivity contribution in [3.05, 3.63) is 29.6 Å². The molecule has 0 amide bonds. The number of nitriles is 1. The fourth-order valence-electron chi connectivity index (χ4n) is 1.17. The number of hydrogen-bond donors (Lipinski definition) is 1. The van der Waals surface area contributed by atoms with Gasteiger partial charge in [0.1, 0.15) is 11.9 Å². The predicted octanol–water partition coefficient (Wildman–Crippen LogP) is 1.88. The maximum atomic E-state index is 13.2. The van der Waals surface area contributed by atoms with Crippen LogP contribution in [0.3, 0.4) is 0 Å². The summed E-state index contributed by atoms with van der Waals surface area (Å²) in [6, 6.07) is 6.09. The van der Waals surface area contributed by atoms with Crippen molar-refractivity contribution in [1.82, 2.24) is 0 Å². The van der Waals surface area contributed by atoms with Gasteiger partial charge in [-0.25, -0.2) is 4.39 Å². The van der Waals surface area contributed by atoms with Crippen molar-refractivity contribution in [3.63, 3.8) is 0 Å². The highest BCUT2D eigenvalue weighted by molar-refractivity contribution is 7.84. The van der Waals surface area contributed by atoms with E-state index in [1.54, 1.807) is 12.1 Å². The maximum absolute atomic E-state index is 13.2. The standard InChI is InChI=1S/C11H13FN2OS/c1-2-16(15)6-5-14-10-4-3-9(8-13)11(12)7-10/h3-4,7,14H,2,5-6H2,1H3. The highest BCUT2D eigenvalue weighted by Gasteiger charge is 2.02. The quantitative estimate of drug-likeness (QED) is 0.855. The molecular weight excluding hydrogens is 227 g/mol. The smallest absolute Gasteiger partial charge is 0.143 e. The maximum Gasteiger partial charge on any atom is 0.143 e. The molecule has 1 rings (SSSR count). The topological polar surface area (TPSA) is 52.9 Å². The Morgan fingerprint density at radius 3 is 2.88 bits per heavy atom. The van der Waals surface area contributed by atoms with E-state index in [-0.39, 0.29) is 5.56 Å². The molecule has 86 valence electrons. The van der Waals surface area contributed by atoms with E-state index < -0.39 is 16.6 Å². The number of anilines is 1. The summed E-state index contributed by atoms with van der Waals surface area (Å²) in [4.78, 5) is 0. The van der Waals surface area contributed by atoms with Gasteiger partial charge in [0, 0.05) is 34.5 Å². The summed E-state index contributed by atoms with van der Waals surface area (Å²) in [7, 11) is -0.821. The average Bonchev–Trinajstić information content (AvgIpc) is 2.29. The number of hydrogen-bond acceptors (Lipinski definition) is 3. The number of rotatable bonds is 5. The summed E-state index contributed by atoms with van der Waals surface area (Å²) in [6.45, 7) is 2.39. The molecule has 0 aliphatic rings. The average molecular weight is 240 g/mol. The van der Waals surface area contributed by atoms with E-state index in [0.29, 0.717) is 23.7 Å². The molecule has 0 fully saturated rings. The van der Waals surface area contributed by atoms with Crippen molar-refractivity contribution >= 4 is 16.5 Å². The van der Waals surface area contributed by atoms with Crippen molar-refractivity contribution in [2.45, 2.75) is 6.92 Å². The molecule has 0 radical (unpaired) electrons. The molecule has 16 heavy (non-hydrogen) atoms. The SMILES string of the molecule is CCS(=O)CCNc1ccc(C#N)c(F)c1. The van der Waals surface area contributed by atoms with Crippen LogP contribution in [0.2, 0.25) is 0 Å². The third kappa shape index (κ3) is 3.63. The Kier molecular flexibility index (Phi) is 4.93. The highest BCUT2D eigenvalue weighted by Crippen LogP contribution is 2.13. The third-order valence-electron chi connectivity index (χ3n) is 2.07. The molecule has 0 saturated heterocycles. The normalized spacial score (nSPS) is 11.8. The van der Waals surface area contributed by atoms with Crippen LogP contribution in [0, 0.1) is 17.1 Å². The Balaban J connectivity index is 2.53. The minimum Gasteiger partial charge on any atom is -0.384 e. The minimum atomic E-state index is -0.821. The highest BCUT2D eigenvalue weighted by atomic mass is 32.2. The lowest BCUT2D eigenvalue weighted by molar-refractivity contribution is 0.624. The Morgan fingerprint density at radius 1 is 1.56 bits per heavy atom. The van der Waals surface area contributed by atoms with Crippen LogP contribution in [0.4, 0.5) is 10.1 Å². The van der Waals surface area contributed by atoms with Gasteiger partial charge in [-0.1, -0.05) is 6.92 Å². The van der Waals surface area contributed by atoms with Gasteiger partial charge >= 0.3 is 0 Å². The zero-order valence-electron chi connectivity index (χ0n) is 9.00. The molecule has 0 aromatic heterocycles. The van der Waals surface area contributed by atoms with Gasteiger partial charge in [0.25, 0.3) is 0 Å². The first-order valence-corrected chi connectivity index (χ1v) is 6.44. The Morgan fingerprint density at radius 2 is 2.31 bits per heavy atom. The van der Waals surface area contributed by atoms with Crippen molar-refractivity contribution in [2.75, 3.05) is 23.4 Å². The first-order chi connectivity index (χ1) is 7.67. The van der Waals surface area contributed by atoms with Crippen molar-refractivity contribution in [2.24, 2.45) is 0 Å². The second-order valence-corrected chi connectivity index (χ2v) is 5.03. The molecule has 1 aromatic rings. The van der Waals surface area contributed by atoms with Gasteiger partial charge in [-0.2, -0.15) is 5.26 Å². The molecule has 5 heteroatoms. The third-order valence-corrected chi connectivity index (χ3v) is 3.37. The number of nitrogens with zero attached hydrogens (tertiary/aromatic N) is 1. The molecule has 0 aliphatic heterocycles. The monoisotopic (exact) mass is 240 g/mol. The largest absolute Gasteiger partial charge is 0.384 e. The molecule has 0 saturated carbocycles. The van der Waals surface area contributed by atoms with Gasteiger partial charge in [-0.05, 0) is 18.2 Å². The Hall–Kier alpha value is -1.41. The first kappa shape index (κ1) is 12.7. The fraction of sp³-hybridized carbons (Fsp3) is 0.364. The van der Waals surface area contributed by atoms with Crippen molar-refractivity contribution in [1.29, 1.82) is 5.26 Å². The van der Waals surface area contributed by atoms with E-state index in [9.17, 15) is 8.60 Å². The number of halogens is 1. The minimum absolute atomic E-state index is 0.0303. The van der Waals surface area contributed by atoms with Gasteiger partial charge in [-0.15, -0.1) is 0 Å². The molecule has 1 N–H and O–H groups in total. The summed E-state index contributed by atoms with van der Waals surface area (Å²) in [5.41, 5.74) is 0.632. The van der Waals surface area contributed by atoms with Crippen LogP contribution >= 0.6 is 0 Å².